The number of carbonyl (C=O) groups is 2. The van der Waals surface area contributed by atoms with E-state index in [1.807, 2.05) is 19.1 Å². The van der Waals surface area contributed by atoms with E-state index in [0.29, 0.717) is 57.5 Å². The molecule has 184 valence electrons. The minimum atomic E-state index is -0.650. The van der Waals surface area contributed by atoms with Gasteiger partial charge in [0.25, 0.3) is 5.91 Å². The number of anilines is 1. The normalized spacial score (nSPS) is 17.4. The highest BCUT2D eigenvalue weighted by Gasteiger charge is 2.40. The number of hydrogen-bond donors (Lipinski definition) is 2. The van der Waals surface area contributed by atoms with Gasteiger partial charge in [-0.1, -0.05) is 12.1 Å². The molecule has 1 aliphatic carbocycles. The maximum absolute atomic E-state index is 13.8. The van der Waals surface area contributed by atoms with E-state index in [1.165, 1.54) is 0 Å². The van der Waals surface area contributed by atoms with Crippen LogP contribution in [-0.2, 0) is 9.59 Å². The molecule has 8 heteroatoms. The van der Waals surface area contributed by atoms with E-state index < -0.39 is 5.92 Å². The van der Waals surface area contributed by atoms with E-state index in [-0.39, 0.29) is 11.7 Å². The lowest BCUT2D eigenvalue weighted by atomic mass is 9.74. The summed E-state index contributed by atoms with van der Waals surface area (Å²) >= 11 is 0. The standard InChI is InChI=1S/C27H30N2O6/c1-15-24(27(31)29-17-9-6-7-12-20(17)32-2)25(26-18(28-15)10-8-11-19(26)30)16-13-22(34-4)23(35-5)14-21(16)33-3/h6-7,9,12-14,25,28H,8,10-11H2,1-5H3,(H,29,31)/t25-/m0/s1. The summed E-state index contributed by atoms with van der Waals surface area (Å²) in [5.41, 5.74) is 3.71. The Hall–Kier alpha value is -3.94. The van der Waals surface area contributed by atoms with Crippen LogP contribution in [0.1, 0.15) is 37.7 Å². The van der Waals surface area contributed by atoms with Gasteiger partial charge in [0.2, 0.25) is 0 Å². The van der Waals surface area contributed by atoms with Crippen LogP contribution >= 0.6 is 0 Å². The zero-order valence-electron chi connectivity index (χ0n) is 20.6. The highest BCUT2D eigenvalue weighted by molar-refractivity contribution is 6.10. The Kier molecular flexibility index (Phi) is 7.00. The lowest BCUT2D eigenvalue weighted by Crippen LogP contribution is -2.35. The lowest BCUT2D eigenvalue weighted by Gasteiger charge is -2.35. The lowest BCUT2D eigenvalue weighted by molar-refractivity contribution is -0.116. The van der Waals surface area contributed by atoms with Crippen molar-refractivity contribution in [1.29, 1.82) is 0 Å². The number of para-hydroxylation sites is 2. The number of hydrogen-bond acceptors (Lipinski definition) is 7. The summed E-state index contributed by atoms with van der Waals surface area (Å²) in [5.74, 6) is 1.03. The third-order valence-electron chi connectivity index (χ3n) is 6.42. The molecule has 8 nitrogen and oxygen atoms in total. The van der Waals surface area contributed by atoms with Crippen LogP contribution in [0.15, 0.2) is 58.9 Å². The van der Waals surface area contributed by atoms with Gasteiger partial charge in [-0.25, -0.2) is 0 Å². The Labute approximate surface area is 204 Å². The van der Waals surface area contributed by atoms with Gasteiger partial charge in [0.15, 0.2) is 17.3 Å². The van der Waals surface area contributed by atoms with Crippen LogP contribution in [-0.4, -0.2) is 40.1 Å². The van der Waals surface area contributed by atoms with E-state index in [1.54, 1.807) is 52.7 Å². The van der Waals surface area contributed by atoms with Crippen LogP contribution in [0.25, 0.3) is 0 Å². The first kappa shape index (κ1) is 24.2. The number of dihydropyridines is 1. The second kappa shape index (κ2) is 10.1. The Morgan fingerprint density at radius 1 is 0.914 bits per heavy atom. The van der Waals surface area contributed by atoms with Crippen molar-refractivity contribution in [3.8, 4) is 23.0 Å². The maximum atomic E-state index is 13.8. The second-order valence-electron chi connectivity index (χ2n) is 8.37. The van der Waals surface area contributed by atoms with Gasteiger partial charge in [0.05, 0.1) is 40.0 Å². The molecule has 1 heterocycles. The van der Waals surface area contributed by atoms with Crippen molar-refractivity contribution in [1.82, 2.24) is 5.32 Å². The first-order chi connectivity index (χ1) is 16.9. The van der Waals surface area contributed by atoms with Crippen molar-refractivity contribution >= 4 is 17.4 Å². The van der Waals surface area contributed by atoms with Gasteiger partial charge < -0.3 is 29.6 Å². The van der Waals surface area contributed by atoms with Gasteiger partial charge in [-0.15, -0.1) is 0 Å². The van der Waals surface area contributed by atoms with E-state index in [4.69, 9.17) is 18.9 Å². The molecule has 35 heavy (non-hydrogen) atoms. The minimum absolute atomic E-state index is 0.00989. The maximum Gasteiger partial charge on any atom is 0.254 e. The first-order valence-electron chi connectivity index (χ1n) is 11.4. The number of nitrogens with one attached hydrogen (secondary N) is 2. The molecule has 2 N–H and O–H groups in total. The van der Waals surface area contributed by atoms with E-state index >= 15 is 0 Å². The van der Waals surface area contributed by atoms with Gasteiger partial charge in [-0.05, 0) is 38.0 Å². The van der Waals surface area contributed by atoms with Crippen LogP contribution in [0.5, 0.6) is 23.0 Å². The van der Waals surface area contributed by atoms with Gasteiger partial charge in [-0.2, -0.15) is 0 Å². The Bertz CT molecular complexity index is 1230. The van der Waals surface area contributed by atoms with Crippen molar-refractivity contribution in [2.24, 2.45) is 0 Å². The predicted octanol–water partition coefficient (Wildman–Crippen LogP) is 4.33. The molecule has 2 aliphatic rings. The average Bonchev–Trinajstić information content (AvgIpc) is 2.87. The fourth-order valence-electron chi connectivity index (χ4n) is 4.81. The first-order valence-corrected chi connectivity index (χ1v) is 11.4. The number of ether oxygens (including phenoxy) is 4. The van der Waals surface area contributed by atoms with Crippen molar-refractivity contribution in [3.63, 3.8) is 0 Å². The monoisotopic (exact) mass is 478 g/mol. The Morgan fingerprint density at radius 2 is 1.57 bits per heavy atom. The molecule has 0 unspecified atom stereocenters. The topological polar surface area (TPSA) is 95.1 Å². The number of allylic oxidation sites excluding steroid dienone is 3. The predicted molar refractivity (Wildman–Crippen MR) is 132 cm³/mol. The van der Waals surface area contributed by atoms with Crippen molar-refractivity contribution in [2.45, 2.75) is 32.1 Å². The number of ketones is 1. The molecule has 2 aromatic rings. The summed E-state index contributed by atoms with van der Waals surface area (Å²) in [6.07, 6.45) is 1.91. The summed E-state index contributed by atoms with van der Waals surface area (Å²) < 4.78 is 22.1. The van der Waals surface area contributed by atoms with Crippen LogP contribution in [0, 0.1) is 0 Å². The van der Waals surface area contributed by atoms with Crippen molar-refractivity contribution in [2.75, 3.05) is 33.8 Å². The highest BCUT2D eigenvalue weighted by atomic mass is 16.5. The van der Waals surface area contributed by atoms with E-state index in [9.17, 15) is 9.59 Å². The molecule has 0 saturated carbocycles. The Morgan fingerprint density at radius 3 is 2.26 bits per heavy atom. The highest BCUT2D eigenvalue weighted by Crippen LogP contribution is 2.48. The molecule has 0 aromatic heterocycles. The fourth-order valence-corrected chi connectivity index (χ4v) is 4.81. The third kappa shape index (κ3) is 4.43. The van der Waals surface area contributed by atoms with Crippen LogP contribution in [0.3, 0.4) is 0 Å². The largest absolute Gasteiger partial charge is 0.496 e. The van der Waals surface area contributed by atoms with Gasteiger partial charge in [0, 0.05) is 40.6 Å². The number of methoxy groups -OCH3 is 4. The summed E-state index contributed by atoms with van der Waals surface area (Å²) in [7, 11) is 6.19. The Balaban J connectivity index is 1.89. The number of carbonyl (C=O) groups excluding carboxylic acids is 2. The third-order valence-corrected chi connectivity index (χ3v) is 6.42. The molecule has 0 spiro atoms. The SMILES string of the molecule is COc1ccccc1NC(=O)C1=C(C)NC2=C(C(=O)CCC2)[C@H]1c1cc(OC)c(OC)cc1OC. The molecule has 0 fully saturated rings. The fraction of sp³-hybridized carbons (Fsp3) is 0.333. The summed E-state index contributed by atoms with van der Waals surface area (Å²) in [6, 6.07) is 10.7. The van der Waals surface area contributed by atoms with Crippen LogP contribution in [0.4, 0.5) is 5.69 Å². The number of rotatable bonds is 7. The molecule has 1 amide bonds. The molecule has 1 atom stereocenters. The molecule has 0 radical (unpaired) electrons. The van der Waals surface area contributed by atoms with Crippen molar-refractivity contribution in [3.05, 3.63) is 64.5 Å². The smallest absolute Gasteiger partial charge is 0.254 e. The zero-order valence-corrected chi connectivity index (χ0v) is 20.6. The molecular formula is C27H30N2O6. The summed E-state index contributed by atoms with van der Waals surface area (Å²) in [5, 5.41) is 6.30. The van der Waals surface area contributed by atoms with Crippen LogP contribution < -0.4 is 29.6 Å². The number of Topliss-reactive ketones (excluding diaryl/α,β-unsaturated/α-hetero) is 1. The molecule has 2 aromatic carbocycles. The van der Waals surface area contributed by atoms with E-state index in [0.717, 1.165) is 18.5 Å². The van der Waals surface area contributed by atoms with Gasteiger partial charge in [-0.3, -0.25) is 9.59 Å². The minimum Gasteiger partial charge on any atom is -0.496 e. The summed E-state index contributed by atoms with van der Waals surface area (Å²) in [4.78, 5) is 27.0. The molecular weight excluding hydrogens is 448 g/mol. The van der Waals surface area contributed by atoms with Gasteiger partial charge in [0.1, 0.15) is 11.5 Å². The van der Waals surface area contributed by atoms with Gasteiger partial charge >= 0.3 is 0 Å². The summed E-state index contributed by atoms with van der Waals surface area (Å²) in [6.45, 7) is 1.85. The molecule has 1 aliphatic heterocycles. The zero-order chi connectivity index (χ0) is 25.1. The molecule has 4 rings (SSSR count). The number of amides is 1. The van der Waals surface area contributed by atoms with Crippen LogP contribution in [0.2, 0.25) is 0 Å². The molecule has 0 saturated heterocycles. The average molecular weight is 479 g/mol. The quantitative estimate of drug-likeness (QED) is 0.612. The van der Waals surface area contributed by atoms with E-state index in [2.05, 4.69) is 10.6 Å². The second-order valence-corrected chi connectivity index (χ2v) is 8.37. The molecule has 0 bridgehead atoms. The number of benzene rings is 2. The van der Waals surface area contributed by atoms with Crippen molar-refractivity contribution < 1.29 is 28.5 Å².